The van der Waals surface area contributed by atoms with Gasteiger partial charge in [0.2, 0.25) is 0 Å². The van der Waals surface area contributed by atoms with E-state index < -0.39 is 12.1 Å². The monoisotopic (exact) mass is 552 g/mol. The SMILES string of the molecule is [2H]c1c([2H])c([2H])c2c([2H])c3c(oc4c(-c5cccc(-c6c7ccccc7c(-c7ccccc7)c7ccccc67)c5)cccc43)c([2H])c2c1[2H]. The summed E-state index contributed by atoms with van der Waals surface area (Å²) in [7, 11) is 0. The normalized spacial score (nSPS) is 13.7. The highest BCUT2D eigenvalue weighted by Gasteiger charge is 2.18. The fraction of sp³-hybridized carbons (Fsp3) is 0. The summed E-state index contributed by atoms with van der Waals surface area (Å²) in [6, 6.07) is 39.8. The molecule has 1 heterocycles. The lowest BCUT2D eigenvalue weighted by molar-refractivity contribution is 0.670. The summed E-state index contributed by atoms with van der Waals surface area (Å²) in [6.07, 6.45) is 0. The van der Waals surface area contributed by atoms with Crippen molar-refractivity contribution < 1.29 is 12.6 Å². The summed E-state index contributed by atoms with van der Waals surface area (Å²) < 4.78 is 57.9. The summed E-state index contributed by atoms with van der Waals surface area (Å²) >= 11 is 0. The van der Waals surface area contributed by atoms with Gasteiger partial charge in [-0.1, -0.05) is 139 Å². The Morgan fingerprint density at radius 2 is 0.977 bits per heavy atom. The van der Waals surface area contributed by atoms with Gasteiger partial charge in [-0.05, 0) is 78.3 Å². The molecule has 0 fully saturated rings. The zero-order chi connectivity index (χ0) is 33.6. The first-order chi connectivity index (χ1) is 23.8. The molecule has 0 unspecified atom stereocenters. The first kappa shape index (κ1) is 18.7. The highest BCUT2D eigenvalue weighted by Crippen LogP contribution is 2.45. The van der Waals surface area contributed by atoms with Crippen molar-refractivity contribution in [1.29, 1.82) is 0 Å². The third-order valence-electron chi connectivity index (χ3n) is 8.35. The molecule has 0 atom stereocenters. The van der Waals surface area contributed by atoms with Crippen LogP contribution in [0.4, 0.5) is 0 Å². The second-order valence-electron chi connectivity index (χ2n) is 10.8. The third kappa shape index (κ3) is 3.72. The van der Waals surface area contributed by atoms with Gasteiger partial charge in [-0.3, -0.25) is 0 Å². The molecule has 1 heteroatoms. The molecule has 0 aliphatic rings. The number of para-hydroxylation sites is 1. The average Bonchev–Trinajstić information content (AvgIpc) is 3.54. The van der Waals surface area contributed by atoms with Crippen LogP contribution in [-0.2, 0) is 0 Å². The molecular formula is C42H26O. The quantitative estimate of drug-likeness (QED) is 0.199. The van der Waals surface area contributed by atoms with E-state index in [0.29, 0.717) is 16.4 Å². The van der Waals surface area contributed by atoms with Crippen LogP contribution in [0, 0.1) is 0 Å². The molecule has 0 saturated heterocycles. The molecule has 0 saturated carbocycles. The van der Waals surface area contributed by atoms with Crippen LogP contribution in [-0.4, -0.2) is 0 Å². The van der Waals surface area contributed by atoms with Gasteiger partial charge >= 0.3 is 0 Å². The molecule has 1 aromatic heterocycles. The summed E-state index contributed by atoms with van der Waals surface area (Å²) in [5.41, 5.74) is 6.84. The second kappa shape index (κ2) is 9.44. The van der Waals surface area contributed by atoms with Gasteiger partial charge in [0, 0.05) is 16.3 Å². The number of hydrogen-bond donors (Lipinski definition) is 0. The summed E-state index contributed by atoms with van der Waals surface area (Å²) in [5.74, 6) is 0. The zero-order valence-electron chi connectivity index (χ0n) is 29.0. The van der Waals surface area contributed by atoms with Crippen molar-refractivity contribution in [2.45, 2.75) is 0 Å². The zero-order valence-corrected chi connectivity index (χ0v) is 23.0. The van der Waals surface area contributed by atoms with E-state index in [4.69, 9.17) is 12.6 Å². The van der Waals surface area contributed by atoms with Gasteiger partial charge in [-0.25, -0.2) is 0 Å². The van der Waals surface area contributed by atoms with Gasteiger partial charge < -0.3 is 4.42 Å². The van der Waals surface area contributed by atoms with Crippen LogP contribution in [0.2, 0.25) is 0 Å². The van der Waals surface area contributed by atoms with E-state index in [0.717, 1.165) is 38.6 Å². The van der Waals surface area contributed by atoms with Crippen LogP contribution >= 0.6 is 0 Å². The van der Waals surface area contributed by atoms with Gasteiger partial charge in [0.25, 0.3) is 0 Å². The Morgan fingerprint density at radius 1 is 0.442 bits per heavy atom. The van der Waals surface area contributed by atoms with E-state index in [1.807, 2.05) is 36.4 Å². The van der Waals surface area contributed by atoms with Gasteiger partial charge in [0.1, 0.15) is 11.2 Å². The van der Waals surface area contributed by atoms with Crippen molar-refractivity contribution in [3.63, 3.8) is 0 Å². The van der Waals surface area contributed by atoms with Crippen LogP contribution in [0.25, 0.3) is 87.6 Å². The van der Waals surface area contributed by atoms with E-state index in [9.17, 15) is 0 Å². The smallest absolute Gasteiger partial charge is 0.143 e. The molecule has 0 aliphatic heterocycles. The van der Waals surface area contributed by atoms with Gasteiger partial charge in [-0.2, -0.15) is 0 Å². The second-order valence-corrected chi connectivity index (χ2v) is 10.8. The van der Waals surface area contributed by atoms with E-state index in [1.54, 1.807) is 0 Å². The highest BCUT2D eigenvalue weighted by molar-refractivity contribution is 6.21. The average molecular weight is 553 g/mol. The Kier molecular flexibility index (Phi) is 4.11. The van der Waals surface area contributed by atoms with Crippen molar-refractivity contribution in [3.8, 4) is 33.4 Å². The number of furan rings is 1. The molecule has 8 aromatic carbocycles. The topological polar surface area (TPSA) is 13.1 Å². The summed E-state index contributed by atoms with van der Waals surface area (Å²) in [6.45, 7) is 0. The predicted molar refractivity (Wildman–Crippen MR) is 183 cm³/mol. The number of hydrogen-bond acceptors (Lipinski definition) is 1. The van der Waals surface area contributed by atoms with E-state index in [2.05, 4.69) is 84.9 Å². The first-order valence-corrected chi connectivity index (χ1v) is 14.3. The van der Waals surface area contributed by atoms with Crippen molar-refractivity contribution in [2.75, 3.05) is 0 Å². The first-order valence-electron chi connectivity index (χ1n) is 17.3. The molecule has 0 spiro atoms. The summed E-state index contributed by atoms with van der Waals surface area (Å²) in [4.78, 5) is 0. The predicted octanol–water partition coefficient (Wildman–Crippen LogP) is 12.0. The molecular weight excluding hydrogens is 520 g/mol. The lowest BCUT2D eigenvalue weighted by atomic mass is 9.85. The molecule has 200 valence electrons. The molecule has 0 amide bonds. The minimum atomic E-state index is -0.435. The van der Waals surface area contributed by atoms with Crippen LogP contribution in [0.15, 0.2) is 162 Å². The molecule has 9 aromatic rings. The number of benzene rings is 8. The Labute approximate surface area is 257 Å². The van der Waals surface area contributed by atoms with Gasteiger partial charge in [0.05, 0.1) is 8.22 Å². The standard InChI is InChI=1S/C42H26O/c1-2-12-27(13-3-1)40-33-18-6-8-20-35(33)41(36-21-9-7-19-34(36)40)31-17-10-16-30(24-31)32-22-11-23-37-38-25-28-14-4-5-15-29(28)26-39(38)43-42(32)37/h1-26H/i4D,5D,14D,15D,25D,26D. The molecule has 0 aliphatic carbocycles. The summed E-state index contributed by atoms with van der Waals surface area (Å²) in [5, 5.41) is 5.61. The van der Waals surface area contributed by atoms with Crippen LogP contribution in [0.5, 0.6) is 0 Å². The lowest BCUT2D eigenvalue weighted by Crippen LogP contribution is -1.91. The Balaban J connectivity index is 1.32. The van der Waals surface area contributed by atoms with Crippen molar-refractivity contribution in [2.24, 2.45) is 0 Å². The van der Waals surface area contributed by atoms with Gasteiger partial charge in [0.15, 0.2) is 0 Å². The van der Waals surface area contributed by atoms with E-state index in [-0.39, 0.29) is 40.5 Å². The molecule has 0 bridgehead atoms. The lowest BCUT2D eigenvalue weighted by Gasteiger charge is -2.18. The van der Waals surface area contributed by atoms with Gasteiger partial charge in [-0.15, -0.1) is 0 Å². The van der Waals surface area contributed by atoms with Crippen molar-refractivity contribution in [1.82, 2.24) is 0 Å². The Bertz CT molecular complexity index is 2780. The van der Waals surface area contributed by atoms with Crippen LogP contribution in [0.3, 0.4) is 0 Å². The Morgan fingerprint density at radius 3 is 1.67 bits per heavy atom. The molecule has 1 nitrogen and oxygen atoms in total. The minimum Gasteiger partial charge on any atom is -0.455 e. The maximum Gasteiger partial charge on any atom is 0.143 e. The van der Waals surface area contributed by atoms with E-state index >= 15 is 0 Å². The highest BCUT2D eigenvalue weighted by atomic mass is 16.3. The molecule has 0 radical (unpaired) electrons. The maximum absolute atomic E-state index is 9.10. The number of rotatable bonds is 3. The maximum atomic E-state index is 9.10. The largest absolute Gasteiger partial charge is 0.455 e. The van der Waals surface area contributed by atoms with Crippen LogP contribution < -0.4 is 0 Å². The number of fused-ring (bicyclic) bond motifs is 6. The Hall–Kier alpha value is -5.66. The van der Waals surface area contributed by atoms with Crippen molar-refractivity contribution >= 4 is 54.3 Å². The van der Waals surface area contributed by atoms with E-state index in [1.165, 1.54) is 16.3 Å². The molecule has 9 rings (SSSR count). The molecule has 43 heavy (non-hydrogen) atoms. The fourth-order valence-electron chi connectivity index (χ4n) is 6.49. The van der Waals surface area contributed by atoms with Crippen LogP contribution in [0.1, 0.15) is 8.22 Å². The fourth-order valence-corrected chi connectivity index (χ4v) is 6.49. The minimum absolute atomic E-state index is 0.0104. The van der Waals surface area contributed by atoms with Crippen molar-refractivity contribution in [3.05, 3.63) is 158 Å². The molecule has 0 N–H and O–H groups in total. The third-order valence-corrected chi connectivity index (χ3v) is 8.35.